The molecule has 5 rings (SSSR count). The Bertz CT molecular complexity index is 1020. The van der Waals surface area contributed by atoms with Crippen molar-refractivity contribution in [3.05, 3.63) is 48.2 Å². The minimum Gasteiger partial charge on any atom is -0.496 e. The van der Waals surface area contributed by atoms with Gasteiger partial charge in [0.05, 0.1) is 12.6 Å². The lowest BCUT2D eigenvalue weighted by atomic mass is 9.94. The van der Waals surface area contributed by atoms with Gasteiger partial charge in [-0.25, -0.2) is 9.97 Å². The minimum absolute atomic E-state index is 0.517. The van der Waals surface area contributed by atoms with E-state index >= 15 is 0 Å². The van der Waals surface area contributed by atoms with Crippen LogP contribution in [0.5, 0.6) is 5.75 Å². The van der Waals surface area contributed by atoms with Crippen LogP contribution in [0.1, 0.15) is 43.6 Å². The van der Waals surface area contributed by atoms with E-state index in [2.05, 4.69) is 56.9 Å². The first-order valence-electron chi connectivity index (χ1n) is 11.5. The summed E-state index contributed by atoms with van der Waals surface area (Å²) in [6.07, 6.45) is 8.06. The number of aromatic nitrogens is 2. The van der Waals surface area contributed by atoms with E-state index in [-0.39, 0.29) is 0 Å². The summed E-state index contributed by atoms with van der Waals surface area (Å²) in [5.74, 6) is 2.09. The van der Waals surface area contributed by atoms with Crippen LogP contribution in [-0.2, 0) is 0 Å². The molecule has 0 unspecified atom stereocenters. The predicted octanol–water partition coefficient (Wildman–Crippen LogP) is 4.84. The second-order valence-corrected chi connectivity index (χ2v) is 8.56. The van der Waals surface area contributed by atoms with Crippen molar-refractivity contribution in [2.45, 2.75) is 38.0 Å². The lowest BCUT2D eigenvalue weighted by molar-refractivity contribution is 0.406. The van der Waals surface area contributed by atoms with Crippen LogP contribution in [-0.4, -0.2) is 43.3 Å². The lowest BCUT2D eigenvalue weighted by Crippen LogP contribution is -2.27. The van der Waals surface area contributed by atoms with Gasteiger partial charge in [-0.1, -0.05) is 12.8 Å². The van der Waals surface area contributed by atoms with E-state index in [0.29, 0.717) is 11.9 Å². The molecule has 0 atom stereocenters. The van der Waals surface area contributed by atoms with Crippen LogP contribution in [0, 0.1) is 0 Å². The molecule has 6 heteroatoms. The van der Waals surface area contributed by atoms with Crippen LogP contribution in [0.3, 0.4) is 0 Å². The zero-order valence-corrected chi connectivity index (χ0v) is 18.2. The normalized spacial score (nSPS) is 17.6. The van der Waals surface area contributed by atoms with Crippen molar-refractivity contribution in [1.82, 2.24) is 15.3 Å². The van der Waals surface area contributed by atoms with E-state index in [4.69, 9.17) is 9.72 Å². The molecule has 2 N–H and O–H groups in total. The molecule has 1 saturated heterocycles. The van der Waals surface area contributed by atoms with Gasteiger partial charge in [-0.3, -0.25) is 0 Å². The number of methoxy groups -OCH3 is 1. The lowest BCUT2D eigenvalue weighted by Gasteiger charge is -2.22. The maximum atomic E-state index is 5.71. The highest BCUT2D eigenvalue weighted by atomic mass is 16.5. The topological polar surface area (TPSA) is 62.3 Å². The first-order valence-corrected chi connectivity index (χ1v) is 11.5. The summed E-state index contributed by atoms with van der Waals surface area (Å²) in [5.41, 5.74) is 4.52. The van der Waals surface area contributed by atoms with Crippen LogP contribution in [0.2, 0.25) is 0 Å². The highest BCUT2D eigenvalue weighted by molar-refractivity contribution is 5.85. The zero-order chi connectivity index (χ0) is 21.0. The molecule has 1 saturated carbocycles. The molecule has 2 fully saturated rings. The third kappa shape index (κ3) is 4.30. The average molecular weight is 418 g/mol. The van der Waals surface area contributed by atoms with E-state index in [0.717, 1.165) is 48.5 Å². The maximum absolute atomic E-state index is 5.71. The van der Waals surface area contributed by atoms with Crippen LogP contribution in [0.25, 0.3) is 10.9 Å². The maximum Gasteiger partial charge on any atom is 0.227 e. The minimum atomic E-state index is 0.517. The summed E-state index contributed by atoms with van der Waals surface area (Å²) in [6.45, 7) is 4.28. The summed E-state index contributed by atoms with van der Waals surface area (Å²) >= 11 is 0. The first kappa shape index (κ1) is 20.1. The fraction of sp³-hybridized carbons (Fsp3) is 0.440. The second-order valence-electron chi connectivity index (χ2n) is 8.56. The summed E-state index contributed by atoms with van der Waals surface area (Å²) in [7, 11) is 1.75. The fourth-order valence-corrected chi connectivity index (χ4v) is 4.94. The van der Waals surface area contributed by atoms with Gasteiger partial charge in [0.1, 0.15) is 5.75 Å². The summed E-state index contributed by atoms with van der Waals surface area (Å²) in [4.78, 5) is 11.9. The highest BCUT2D eigenvalue weighted by Crippen LogP contribution is 2.42. The van der Waals surface area contributed by atoms with Gasteiger partial charge in [0.25, 0.3) is 0 Å². The monoisotopic (exact) mass is 417 g/mol. The van der Waals surface area contributed by atoms with Crippen molar-refractivity contribution in [3.63, 3.8) is 0 Å². The number of ether oxygens (including phenoxy) is 1. The molecule has 31 heavy (non-hydrogen) atoms. The van der Waals surface area contributed by atoms with Gasteiger partial charge in [0.2, 0.25) is 5.95 Å². The average Bonchev–Trinajstić information content (AvgIpc) is 3.20. The number of anilines is 3. The molecule has 0 amide bonds. The summed E-state index contributed by atoms with van der Waals surface area (Å²) in [5, 5.41) is 7.93. The molecule has 0 radical (unpaired) electrons. The van der Waals surface area contributed by atoms with Crippen molar-refractivity contribution in [2.75, 3.05) is 43.5 Å². The van der Waals surface area contributed by atoms with Crippen molar-refractivity contribution in [1.29, 1.82) is 0 Å². The number of nitrogens with one attached hydrogen (secondary N) is 2. The number of fused-ring (bicyclic) bond motifs is 1. The van der Waals surface area contributed by atoms with Crippen LogP contribution in [0.4, 0.5) is 17.3 Å². The van der Waals surface area contributed by atoms with E-state index in [1.807, 2.05) is 6.20 Å². The van der Waals surface area contributed by atoms with Gasteiger partial charge in [-0.2, -0.15) is 0 Å². The second kappa shape index (κ2) is 9.10. The van der Waals surface area contributed by atoms with E-state index < -0.39 is 0 Å². The molecule has 1 aliphatic heterocycles. The summed E-state index contributed by atoms with van der Waals surface area (Å²) < 4.78 is 5.71. The SMILES string of the molecule is COc1ccc2cnc(Nc3ccc(N4CCCNCC4)cc3)nc2c1C1CCCC1. The number of nitrogens with zero attached hydrogens (tertiary/aromatic N) is 3. The largest absolute Gasteiger partial charge is 0.496 e. The molecule has 1 aliphatic carbocycles. The molecule has 0 bridgehead atoms. The number of rotatable bonds is 5. The Morgan fingerprint density at radius 3 is 2.65 bits per heavy atom. The summed E-state index contributed by atoms with van der Waals surface area (Å²) in [6, 6.07) is 12.7. The molecule has 1 aromatic heterocycles. The van der Waals surface area contributed by atoms with Crippen molar-refractivity contribution >= 4 is 28.2 Å². The van der Waals surface area contributed by atoms with E-state index in [1.54, 1.807) is 7.11 Å². The number of benzene rings is 2. The fourth-order valence-electron chi connectivity index (χ4n) is 4.94. The number of hydrogen-bond donors (Lipinski definition) is 2. The van der Waals surface area contributed by atoms with Crippen LogP contribution in [0.15, 0.2) is 42.6 Å². The van der Waals surface area contributed by atoms with Gasteiger partial charge in [-0.15, -0.1) is 0 Å². The molecular formula is C25H31N5O. The van der Waals surface area contributed by atoms with Crippen LogP contribution < -0.4 is 20.3 Å². The molecule has 0 spiro atoms. The van der Waals surface area contributed by atoms with Crippen LogP contribution >= 0.6 is 0 Å². The molecule has 2 aliphatic rings. The standard InChI is InChI=1S/C25H31N5O/c1-31-22-12-7-19-17-27-25(29-24(19)23(22)18-5-2-3-6-18)28-20-8-10-21(11-9-20)30-15-4-13-26-14-16-30/h7-12,17-18,26H,2-6,13-16H2,1H3,(H,27,28,29). The molecular weight excluding hydrogens is 386 g/mol. The van der Waals surface area contributed by atoms with Crippen molar-refractivity contribution in [3.8, 4) is 5.75 Å². The Balaban J connectivity index is 1.40. The van der Waals surface area contributed by atoms with E-state index in [1.165, 1.54) is 43.4 Å². The number of hydrogen-bond acceptors (Lipinski definition) is 6. The Morgan fingerprint density at radius 1 is 1.00 bits per heavy atom. The smallest absolute Gasteiger partial charge is 0.227 e. The molecule has 2 aromatic carbocycles. The van der Waals surface area contributed by atoms with E-state index in [9.17, 15) is 0 Å². The van der Waals surface area contributed by atoms with Gasteiger partial charge < -0.3 is 20.3 Å². The van der Waals surface area contributed by atoms with Gasteiger partial charge in [-0.05, 0) is 68.1 Å². The Morgan fingerprint density at radius 2 is 1.84 bits per heavy atom. The third-order valence-corrected chi connectivity index (χ3v) is 6.56. The van der Waals surface area contributed by atoms with Gasteiger partial charge in [0.15, 0.2) is 0 Å². The highest BCUT2D eigenvalue weighted by Gasteiger charge is 2.24. The van der Waals surface area contributed by atoms with Crippen molar-refractivity contribution < 1.29 is 4.74 Å². The molecule has 162 valence electrons. The zero-order valence-electron chi connectivity index (χ0n) is 18.2. The molecule has 3 aromatic rings. The molecule has 6 nitrogen and oxygen atoms in total. The predicted molar refractivity (Wildman–Crippen MR) is 127 cm³/mol. The Labute approximate surface area is 184 Å². The quantitative estimate of drug-likeness (QED) is 0.619. The third-order valence-electron chi connectivity index (χ3n) is 6.56. The Kier molecular flexibility index (Phi) is 5.89. The van der Waals surface area contributed by atoms with Gasteiger partial charge >= 0.3 is 0 Å². The Hall–Kier alpha value is -2.86. The van der Waals surface area contributed by atoms with Gasteiger partial charge in [0, 0.05) is 48.2 Å². The molecule has 2 heterocycles. The first-order chi connectivity index (χ1) is 15.3. The van der Waals surface area contributed by atoms with Crippen molar-refractivity contribution in [2.24, 2.45) is 0 Å².